The van der Waals surface area contributed by atoms with Crippen molar-refractivity contribution in [2.45, 2.75) is 40.2 Å². The Morgan fingerprint density at radius 3 is 2.30 bits per heavy atom. The van der Waals surface area contributed by atoms with E-state index in [2.05, 4.69) is 15.6 Å². The van der Waals surface area contributed by atoms with Crippen molar-refractivity contribution in [2.24, 2.45) is 5.41 Å². The van der Waals surface area contributed by atoms with Gasteiger partial charge in [-0.3, -0.25) is 9.78 Å². The van der Waals surface area contributed by atoms with E-state index in [-0.39, 0.29) is 0 Å². The van der Waals surface area contributed by atoms with E-state index in [9.17, 15) is 14.7 Å². The highest BCUT2D eigenvalue weighted by molar-refractivity contribution is 5.90. The predicted octanol–water partition coefficient (Wildman–Crippen LogP) is 2.40. The Kier molecular flexibility index (Phi) is 4.37. The fourth-order valence-electron chi connectivity index (χ4n) is 1.49. The normalized spacial score (nSPS) is 11.8. The van der Waals surface area contributed by atoms with E-state index in [1.807, 2.05) is 6.92 Å². The summed E-state index contributed by atoms with van der Waals surface area (Å²) in [4.78, 5) is 27.2. The number of aryl methyl sites for hydroxylation is 1. The van der Waals surface area contributed by atoms with Crippen LogP contribution in [0.4, 0.5) is 10.5 Å². The minimum atomic E-state index is -1.10. The molecule has 0 spiro atoms. The zero-order valence-corrected chi connectivity index (χ0v) is 12.4. The molecule has 2 amide bonds. The molecule has 1 aromatic heterocycles. The van der Waals surface area contributed by atoms with E-state index in [4.69, 9.17) is 0 Å². The van der Waals surface area contributed by atoms with Crippen molar-refractivity contribution >= 4 is 17.7 Å². The SMILES string of the molecule is Cc1cncc(NC(=O)NC(C)(C)C(C)(C)C(=O)O)c1. The van der Waals surface area contributed by atoms with Gasteiger partial charge < -0.3 is 15.7 Å². The highest BCUT2D eigenvalue weighted by Crippen LogP contribution is 2.30. The number of hydrogen-bond donors (Lipinski definition) is 3. The van der Waals surface area contributed by atoms with Gasteiger partial charge in [0.25, 0.3) is 0 Å². The van der Waals surface area contributed by atoms with Crippen LogP contribution < -0.4 is 10.6 Å². The lowest BCUT2D eigenvalue weighted by atomic mass is 9.74. The standard InChI is InChI=1S/C14H21N3O3/c1-9-6-10(8-15-7-9)16-12(20)17-14(4,5)13(2,3)11(18)19/h6-8H,1-5H3,(H,18,19)(H2,16,17,20). The fourth-order valence-corrected chi connectivity index (χ4v) is 1.49. The number of rotatable bonds is 4. The minimum Gasteiger partial charge on any atom is -0.481 e. The van der Waals surface area contributed by atoms with E-state index >= 15 is 0 Å². The van der Waals surface area contributed by atoms with E-state index in [1.54, 1.807) is 40.0 Å². The maximum atomic E-state index is 12.0. The third-order valence-corrected chi connectivity index (χ3v) is 3.66. The molecule has 1 heterocycles. The number of carbonyl (C=O) groups is 2. The van der Waals surface area contributed by atoms with E-state index in [0.29, 0.717) is 5.69 Å². The summed E-state index contributed by atoms with van der Waals surface area (Å²) in [6, 6.07) is 1.32. The molecule has 6 nitrogen and oxygen atoms in total. The Hall–Kier alpha value is -2.11. The van der Waals surface area contributed by atoms with Crippen LogP contribution in [0.15, 0.2) is 18.5 Å². The molecule has 0 aliphatic heterocycles. The number of amides is 2. The average Bonchev–Trinajstić information content (AvgIpc) is 2.27. The number of nitrogens with zero attached hydrogens (tertiary/aromatic N) is 1. The second kappa shape index (κ2) is 5.48. The zero-order chi connectivity index (χ0) is 15.6. The summed E-state index contributed by atoms with van der Waals surface area (Å²) in [6.07, 6.45) is 3.21. The smallest absolute Gasteiger partial charge is 0.319 e. The van der Waals surface area contributed by atoms with Crippen LogP contribution in [0.25, 0.3) is 0 Å². The topological polar surface area (TPSA) is 91.3 Å². The number of hydrogen-bond acceptors (Lipinski definition) is 3. The second-order valence-electron chi connectivity index (χ2n) is 5.89. The lowest BCUT2D eigenvalue weighted by molar-refractivity contribution is -0.150. The van der Waals surface area contributed by atoms with Crippen molar-refractivity contribution in [3.63, 3.8) is 0 Å². The van der Waals surface area contributed by atoms with Gasteiger partial charge in [0.1, 0.15) is 0 Å². The molecule has 0 saturated heterocycles. The molecule has 20 heavy (non-hydrogen) atoms. The zero-order valence-electron chi connectivity index (χ0n) is 12.4. The Bertz CT molecular complexity index is 524. The van der Waals surface area contributed by atoms with E-state index < -0.39 is 23.0 Å². The van der Waals surface area contributed by atoms with Crippen molar-refractivity contribution in [1.82, 2.24) is 10.3 Å². The molecule has 0 saturated carbocycles. The van der Waals surface area contributed by atoms with Gasteiger partial charge >= 0.3 is 12.0 Å². The molecule has 0 aliphatic carbocycles. The molecule has 3 N–H and O–H groups in total. The van der Waals surface area contributed by atoms with Gasteiger partial charge in [0.2, 0.25) is 0 Å². The number of nitrogens with one attached hydrogen (secondary N) is 2. The van der Waals surface area contributed by atoms with Crippen LogP contribution in [0, 0.1) is 12.3 Å². The molecule has 0 radical (unpaired) electrons. The Morgan fingerprint density at radius 2 is 1.80 bits per heavy atom. The van der Waals surface area contributed by atoms with Crippen LogP contribution >= 0.6 is 0 Å². The third kappa shape index (κ3) is 3.46. The van der Waals surface area contributed by atoms with Gasteiger partial charge in [-0.2, -0.15) is 0 Å². The van der Waals surface area contributed by atoms with Crippen molar-refractivity contribution in [3.8, 4) is 0 Å². The van der Waals surface area contributed by atoms with Gasteiger partial charge in [0.15, 0.2) is 0 Å². The number of carboxylic acid groups (broad SMARTS) is 1. The summed E-state index contributed by atoms with van der Waals surface area (Å²) >= 11 is 0. The number of pyridine rings is 1. The van der Waals surface area contributed by atoms with Gasteiger partial charge in [-0.15, -0.1) is 0 Å². The second-order valence-corrected chi connectivity index (χ2v) is 5.89. The maximum Gasteiger partial charge on any atom is 0.319 e. The van der Waals surface area contributed by atoms with Gasteiger partial charge in [0.05, 0.1) is 22.8 Å². The molecule has 0 unspecified atom stereocenters. The predicted molar refractivity (Wildman–Crippen MR) is 76.6 cm³/mol. The first-order valence-corrected chi connectivity index (χ1v) is 6.30. The number of aliphatic carboxylic acids is 1. The van der Waals surface area contributed by atoms with Crippen LogP contribution in [0.5, 0.6) is 0 Å². The highest BCUT2D eigenvalue weighted by Gasteiger charge is 2.44. The molecule has 110 valence electrons. The molecule has 0 atom stereocenters. The molecular weight excluding hydrogens is 258 g/mol. The number of urea groups is 1. The number of carboxylic acids is 1. The summed E-state index contributed by atoms with van der Waals surface area (Å²) in [5, 5.41) is 14.6. The summed E-state index contributed by atoms with van der Waals surface area (Å²) in [7, 11) is 0. The first kappa shape index (κ1) is 15.9. The summed E-state index contributed by atoms with van der Waals surface area (Å²) < 4.78 is 0. The summed E-state index contributed by atoms with van der Waals surface area (Å²) in [5.74, 6) is -0.972. The van der Waals surface area contributed by atoms with Crippen LogP contribution in [-0.4, -0.2) is 27.6 Å². The molecular formula is C14H21N3O3. The van der Waals surface area contributed by atoms with Crippen molar-refractivity contribution < 1.29 is 14.7 Å². The third-order valence-electron chi connectivity index (χ3n) is 3.66. The fraction of sp³-hybridized carbons (Fsp3) is 0.500. The van der Waals surface area contributed by atoms with E-state index in [1.165, 1.54) is 6.20 Å². The molecule has 0 fully saturated rings. The number of aromatic nitrogens is 1. The monoisotopic (exact) mass is 279 g/mol. The van der Waals surface area contributed by atoms with Gasteiger partial charge in [-0.05, 0) is 46.2 Å². The van der Waals surface area contributed by atoms with Crippen LogP contribution in [-0.2, 0) is 4.79 Å². The van der Waals surface area contributed by atoms with Crippen molar-refractivity contribution in [3.05, 3.63) is 24.0 Å². The van der Waals surface area contributed by atoms with Crippen molar-refractivity contribution in [2.75, 3.05) is 5.32 Å². The Labute approximate surface area is 118 Å². The molecule has 0 aromatic carbocycles. The first-order valence-electron chi connectivity index (χ1n) is 6.30. The Balaban J connectivity index is 2.78. The molecule has 6 heteroatoms. The summed E-state index contributed by atoms with van der Waals surface area (Å²) in [6.45, 7) is 8.37. The van der Waals surface area contributed by atoms with E-state index in [0.717, 1.165) is 5.56 Å². The maximum absolute atomic E-state index is 12.0. The molecule has 1 aromatic rings. The quantitative estimate of drug-likeness (QED) is 0.789. The largest absolute Gasteiger partial charge is 0.481 e. The van der Waals surface area contributed by atoms with Gasteiger partial charge in [0, 0.05) is 6.20 Å². The highest BCUT2D eigenvalue weighted by atomic mass is 16.4. The van der Waals surface area contributed by atoms with Crippen molar-refractivity contribution in [1.29, 1.82) is 0 Å². The van der Waals surface area contributed by atoms with Crippen LogP contribution in [0.3, 0.4) is 0 Å². The Morgan fingerprint density at radius 1 is 1.20 bits per heavy atom. The average molecular weight is 279 g/mol. The lowest BCUT2D eigenvalue weighted by Gasteiger charge is -2.38. The van der Waals surface area contributed by atoms with Crippen LogP contribution in [0.1, 0.15) is 33.3 Å². The molecule has 0 aliphatic rings. The molecule has 0 bridgehead atoms. The van der Waals surface area contributed by atoms with Gasteiger partial charge in [-0.25, -0.2) is 4.79 Å². The first-order chi connectivity index (χ1) is 9.06. The molecule has 1 rings (SSSR count). The number of anilines is 1. The summed E-state index contributed by atoms with van der Waals surface area (Å²) in [5.41, 5.74) is -0.533. The number of carbonyl (C=O) groups excluding carboxylic acids is 1. The van der Waals surface area contributed by atoms with Crippen LogP contribution in [0.2, 0.25) is 0 Å². The minimum absolute atomic E-state index is 0.461. The van der Waals surface area contributed by atoms with Gasteiger partial charge in [-0.1, -0.05) is 0 Å². The lowest BCUT2D eigenvalue weighted by Crippen LogP contribution is -2.57.